The van der Waals surface area contributed by atoms with Crippen LogP contribution in [0.5, 0.6) is 17.2 Å². The molecule has 3 aromatic rings. The first-order valence-electron chi connectivity index (χ1n) is 13.4. The quantitative estimate of drug-likeness (QED) is 0.245. The molecule has 41 heavy (non-hydrogen) atoms. The van der Waals surface area contributed by atoms with Gasteiger partial charge >= 0.3 is 6.18 Å². The number of halogens is 5. The zero-order chi connectivity index (χ0) is 31.3. The number of benzene rings is 3. The van der Waals surface area contributed by atoms with Crippen LogP contribution in [0, 0.1) is 6.92 Å². The molecule has 0 saturated heterocycles. The summed E-state index contributed by atoms with van der Waals surface area (Å²) in [5.74, 6) is -0.718. The first-order valence-corrected chi connectivity index (χ1v) is 13.4. The monoisotopic (exact) mass is 578 g/mol. The lowest BCUT2D eigenvalue weighted by atomic mass is 9.71. The van der Waals surface area contributed by atoms with E-state index in [4.69, 9.17) is 0 Å². The van der Waals surface area contributed by atoms with Gasteiger partial charge in [0.1, 0.15) is 17.2 Å². The summed E-state index contributed by atoms with van der Waals surface area (Å²) in [7, 11) is 0. The van der Waals surface area contributed by atoms with Crippen LogP contribution in [0.3, 0.4) is 0 Å². The summed E-state index contributed by atoms with van der Waals surface area (Å²) >= 11 is 0. The van der Waals surface area contributed by atoms with Crippen molar-refractivity contribution in [3.63, 3.8) is 0 Å². The molecule has 0 bridgehead atoms. The molecule has 8 heteroatoms. The largest absolute Gasteiger partial charge is 0.508 e. The molecule has 0 aromatic heterocycles. The summed E-state index contributed by atoms with van der Waals surface area (Å²) in [5.41, 5.74) is -1.88. The van der Waals surface area contributed by atoms with E-state index in [1.807, 2.05) is 13.8 Å². The molecule has 3 N–H and O–H groups in total. The summed E-state index contributed by atoms with van der Waals surface area (Å²) in [5, 5.41) is 31.9. The molecule has 0 aliphatic rings. The Kier molecular flexibility index (Phi) is 8.52. The van der Waals surface area contributed by atoms with Crippen LogP contribution in [0.15, 0.2) is 42.5 Å². The molecular formula is C33H39F5O3. The third kappa shape index (κ3) is 6.47. The van der Waals surface area contributed by atoms with Crippen molar-refractivity contribution in [3.05, 3.63) is 87.0 Å². The van der Waals surface area contributed by atoms with E-state index < -0.39 is 40.2 Å². The van der Waals surface area contributed by atoms with E-state index in [1.54, 1.807) is 47.6 Å². The van der Waals surface area contributed by atoms with E-state index in [0.717, 1.165) is 12.1 Å². The second-order valence-corrected chi connectivity index (χ2v) is 13.1. The van der Waals surface area contributed by atoms with E-state index in [0.29, 0.717) is 22.3 Å². The Morgan fingerprint density at radius 1 is 0.634 bits per heavy atom. The van der Waals surface area contributed by atoms with Crippen LogP contribution in [-0.2, 0) is 35.3 Å². The van der Waals surface area contributed by atoms with Crippen molar-refractivity contribution in [3.8, 4) is 17.2 Å². The van der Waals surface area contributed by atoms with Crippen molar-refractivity contribution in [2.75, 3.05) is 0 Å². The van der Waals surface area contributed by atoms with Crippen LogP contribution in [0.4, 0.5) is 22.0 Å². The Morgan fingerprint density at radius 3 is 1.61 bits per heavy atom. The third-order valence-electron chi connectivity index (χ3n) is 7.80. The van der Waals surface area contributed by atoms with Gasteiger partial charge < -0.3 is 15.3 Å². The van der Waals surface area contributed by atoms with Crippen LogP contribution in [0.2, 0.25) is 0 Å². The third-order valence-corrected chi connectivity index (χ3v) is 7.80. The van der Waals surface area contributed by atoms with Crippen molar-refractivity contribution in [2.45, 2.75) is 97.1 Å². The first-order chi connectivity index (χ1) is 18.6. The van der Waals surface area contributed by atoms with Gasteiger partial charge in [0.25, 0.3) is 6.43 Å². The molecule has 3 aromatic carbocycles. The molecular weight excluding hydrogens is 539 g/mol. The Labute approximate surface area is 238 Å². The van der Waals surface area contributed by atoms with Crippen molar-refractivity contribution in [2.24, 2.45) is 0 Å². The van der Waals surface area contributed by atoms with Crippen LogP contribution in [0.1, 0.15) is 99.4 Å². The molecule has 3 rings (SSSR count). The van der Waals surface area contributed by atoms with Crippen molar-refractivity contribution in [1.82, 2.24) is 0 Å². The molecule has 0 unspecified atom stereocenters. The average molecular weight is 579 g/mol. The second-order valence-electron chi connectivity index (χ2n) is 13.1. The first kappa shape index (κ1) is 32.2. The smallest absolute Gasteiger partial charge is 0.416 e. The average Bonchev–Trinajstić information content (AvgIpc) is 2.79. The second kappa shape index (κ2) is 10.8. The van der Waals surface area contributed by atoms with Gasteiger partial charge in [-0.15, -0.1) is 0 Å². The van der Waals surface area contributed by atoms with Gasteiger partial charge in [-0.05, 0) is 77.0 Å². The number of aromatic hydroxyl groups is 3. The normalized spacial score (nSPS) is 13.2. The fourth-order valence-electron chi connectivity index (χ4n) is 6.25. The van der Waals surface area contributed by atoms with Gasteiger partial charge in [-0.2, -0.15) is 13.2 Å². The fourth-order valence-corrected chi connectivity index (χ4v) is 6.25. The molecule has 0 saturated carbocycles. The predicted octanol–water partition coefficient (Wildman–Crippen LogP) is 9.41. The van der Waals surface area contributed by atoms with Gasteiger partial charge in [-0.1, -0.05) is 66.7 Å². The van der Waals surface area contributed by atoms with E-state index in [9.17, 15) is 37.3 Å². The molecule has 0 heterocycles. The zero-order valence-corrected chi connectivity index (χ0v) is 24.8. The minimum Gasteiger partial charge on any atom is -0.508 e. The molecule has 0 aliphatic carbocycles. The Balaban J connectivity index is 2.12. The van der Waals surface area contributed by atoms with E-state index >= 15 is 0 Å². The maximum atomic E-state index is 14.4. The van der Waals surface area contributed by atoms with Crippen molar-refractivity contribution < 1.29 is 37.3 Å². The molecule has 0 atom stereocenters. The number of alkyl halides is 5. The van der Waals surface area contributed by atoms with Gasteiger partial charge in [-0.3, -0.25) is 0 Å². The van der Waals surface area contributed by atoms with Crippen LogP contribution < -0.4 is 0 Å². The Hall–Kier alpha value is -3.29. The van der Waals surface area contributed by atoms with E-state index in [1.165, 1.54) is 24.3 Å². The summed E-state index contributed by atoms with van der Waals surface area (Å²) in [6, 6.07) is 9.33. The van der Waals surface area contributed by atoms with Gasteiger partial charge in [-0.25, -0.2) is 8.78 Å². The highest BCUT2D eigenvalue weighted by molar-refractivity contribution is 5.54. The number of phenolic OH excluding ortho intramolecular Hbond substituents is 3. The molecule has 224 valence electrons. The summed E-state index contributed by atoms with van der Waals surface area (Å²) in [6.45, 7) is 13.9. The molecule has 0 spiro atoms. The van der Waals surface area contributed by atoms with Gasteiger partial charge in [0.2, 0.25) is 0 Å². The SMILES string of the molecule is Cc1c(CC(C)(C)c2c(O)cccc2C(F)(F)F)ccc(O)c1C(C)(C)Cc1ccc(O)c(C(C)(C)C)c1C(F)F. The fraction of sp³-hybridized carbons (Fsp3) is 0.455. The van der Waals surface area contributed by atoms with Gasteiger partial charge in [0, 0.05) is 22.3 Å². The highest BCUT2D eigenvalue weighted by Gasteiger charge is 2.40. The number of hydrogen-bond acceptors (Lipinski definition) is 3. The molecule has 0 aliphatic heterocycles. The van der Waals surface area contributed by atoms with E-state index in [-0.39, 0.29) is 41.0 Å². The Morgan fingerprint density at radius 2 is 1.10 bits per heavy atom. The summed E-state index contributed by atoms with van der Waals surface area (Å²) < 4.78 is 70.4. The van der Waals surface area contributed by atoms with Gasteiger partial charge in [0.05, 0.1) is 5.56 Å². The van der Waals surface area contributed by atoms with Crippen LogP contribution in [0.25, 0.3) is 0 Å². The molecule has 3 nitrogen and oxygen atoms in total. The number of hydrogen-bond donors (Lipinski definition) is 3. The lowest BCUT2D eigenvalue weighted by Gasteiger charge is -2.34. The molecule has 0 radical (unpaired) electrons. The maximum Gasteiger partial charge on any atom is 0.416 e. The summed E-state index contributed by atoms with van der Waals surface area (Å²) in [6.07, 6.45) is -7.29. The number of rotatable bonds is 7. The minimum atomic E-state index is -4.67. The lowest BCUT2D eigenvalue weighted by Crippen LogP contribution is -2.27. The molecule has 0 fully saturated rings. The highest BCUT2D eigenvalue weighted by atomic mass is 19.4. The Bertz CT molecular complexity index is 1430. The topological polar surface area (TPSA) is 60.7 Å². The predicted molar refractivity (Wildman–Crippen MR) is 151 cm³/mol. The van der Waals surface area contributed by atoms with Crippen LogP contribution in [-0.4, -0.2) is 15.3 Å². The minimum absolute atomic E-state index is 0.0546. The highest BCUT2D eigenvalue weighted by Crippen LogP contribution is 2.46. The zero-order valence-electron chi connectivity index (χ0n) is 24.8. The number of phenols is 3. The van der Waals surface area contributed by atoms with Crippen molar-refractivity contribution >= 4 is 0 Å². The van der Waals surface area contributed by atoms with Crippen molar-refractivity contribution in [1.29, 1.82) is 0 Å². The lowest BCUT2D eigenvalue weighted by molar-refractivity contribution is -0.138. The van der Waals surface area contributed by atoms with Gasteiger partial charge in [0.15, 0.2) is 0 Å². The van der Waals surface area contributed by atoms with E-state index in [2.05, 4.69) is 0 Å². The molecule has 0 amide bonds. The maximum absolute atomic E-state index is 14.4. The van der Waals surface area contributed by atoms with Crippen LogP contribution >= 0.6 is 0 Å². The summed E-state index contributed by atoms with van der Waals surface area (Å²) in [4.78, 5) is 0. The standard InChI is InChI=1S/C33H39F5O3/c1-18-19(16-32(7,8)27-21(33(36,37)38)10-9-11-22(27)39)12-14-23(40)26(18)31(5,6)17-20-13-15-24(41)28(30(2,3)4)25(20)29(34)35/h9-15,29,39-41H,16-17H2,1-8H3.